The summed E-state index contributed by atoms with van der Waals surface area (Å²) in [5, 5.41) is 0. The Labute approximate surface area is 185 Å². The first kappa shape index (κ1) is 21.9. The number of hydrogen-bond acceptors (Lipinski definition) is 4. The average molecular weight is 445 g/mol. The van der Waals surface area contributed by atoms with Crippen molar-refractivity contribution < 1.29 is 13.2 Å². The van der Waals surface area contributed by atoms with Crippen molar-refractivity contribution in [1.82, 2.24) is 14.2 Å². The summed E-state index contributed by atoms with van der Waals surface area (Å²) in [5.41, 5.74) is 2.65. The number of carbonyl (C=O) groups excluding carboxylic acids is 1. The summed E-state index contributed by atoms with van der Waals surface area (Å²) in [6.45, 7) is 7.34. The van der Waals surface area contributed by atoms with E-state index >= 15 is 0 Å². The molecule has 8 heteroatoms. The van der Waals surface area contributed by atoms with Gasteiger partial charge in [0.2, 0.25) is 10.0 Å². The first-order valence-electron chi connectivity index (χ1n) is 11.2. The number of piperazine rings is 1. The molecule has 4 rings (SSSR count). The van der Waals surface area contributed by atoms with Crippen LogP contribution in [0.1, 0.15) is 47.4 Å². The lowest BCUT2D eigenvalue weighted by Crippen LogP contribution is -2.49. The van der Waals surface area contributed by atoms with Gasteiger partial charge in [-0.1, -0.05) is 31.0 Å². The third-order valence-corrected chi connectivity index (χ3v) is 8.61. The summed E-state index contributed by atoms with van der Waals surface area (Å²) in [5.74, 6) is -0.120. The van der Waals surface area contributed by atoms with Gasteiger partial charge in [-0.15, -0.1) is 0 Å². The number of hydrogen-bond donors (Lipinski definition) is 1. The molecule has 2 saturated heterocycles. The Morgan fingerprint density at radius 2 is 1.48 bits per heavy atom. The van der Waals surface area contributed by atoms with Crippen molar-refractivity contribution in [2.45, 2.75) is 44.4 Å². The van der Waals surface area contributed by atoms with Gasteiger partial charge < -0.3 is 14.8 Å². The van der Waals surface area contributed by atoms with E-state index in [1.807, 2.05) is 23.1 Å². The topological polar surface area (TPSA) is 76.7 Å². The zero-order valence-corrected chi connectivity index (χ0v) is 19.2. The van der Waals surface area contributed by atoms with Gasteiger partial charge in [-0.3, -0.25) is 4.79 Å². The highest BCUT2D eigenvalue weighted by Crippen LogP contribution is 2.29. The highest BCUT2D eigenvalue weighted by Gasteiger charge is 2.33. The van der Waals surface area contributed by atoms with Gasteiger partial charge in [0.25, 0.3) is 5.91 Å². The van der Waals surface area contributed by atoms with Crippen LogP contribution >= 0.6 is 0 Å². The van der Waals surface area contributed by atoms with E-state index in [1.54, 1.807) is 18.2 Å². The highest BCUT2D eigenvalue weighted by atomic mass is 32.2. The second kappa shape index (κ2) is 9.04. The molecule has 0 bridgehead atoms. The Hall–Kier alpha value is -2.32. The Kier molecular flexibility index (Phi) is 6.39. The minimum absolute atomic E-state index is 0.120. The molecule has 2 aliphatic rings. The van der Waals surface area contributed by atoms with Crippen LogP contribution in [-0.4, -0.2) is 67.8 Å². The summed E-state index contributed by atoms with van der Waals surface area (Å²) < 4.78 is 28.3. The molecule has 0 unspecified atom stereocenters. The zero-order chi connectivity index (χ0) is 22.0. The standard InChI is InChI=1S/C23H32N4O3S/c1-18-21(23(28)26-16-14-25(15-17-26)20-10-6-5-7-11-20)24-19(2)22(18)31(29,30)27-12-8-3-4-9-13-27/h5-7,10-11,24H,3-4,8-9,12-17H2,1-2H3. The number of H-pyrrole nitrogens is 1. The van der Waals surface area contributed by atoms with Crippen molar-refractivity contribution in [2.75, 3.05) is 44.2 Å². The molecule has 31 heavy (non-hydrogen) atoms. The molecule has 7 nitrogen and oxygen atoms in total. The Bertz CT molecular complexity index is 1020. The van der Waals surface area contributed by atoms with Crippen LogP contribution < -0.4 is 4.90 Å². The first-order valence-corrected chi connectivity index (χ1v) is 12.6. The number of carbonyl (C=O) groups is 1. The Balaban J connectivity index is 1.51. The second-order valence-electron chi connectivity index (χ2n) is 8.51. The monoisotopic (exact) mass is 444 g/mol. The third-order valence-electron chi connectivity index (χ3n) is 6.43. The average Bonchev–Trinajstić information content (AvgIpc) is 2.95. The van der Waals surface area contributed by atoms with Crippen LogP contribution in [-0.2, 0) is 10.0 Å². The molecule has 1 N–H and O–H groups in total. The van der Waals surface area contributed by atoms with E-state index in [2.05, 4.69) is 22.0 Å². The largest absolute Gasteiger partial charge is 0.368 e. The highest BCUT2D eigenvalue weighted by molar-refractivity contribution is 7.89. The Morgan fingerprint density at radius 3 is 2.10 bits per heavy atom. The number of amides is 1. The van der Waals surface area contributed by atoms with Gasteiger partial charge in [-0.2, -0.15) is 4.31 Å². The predicted octanol–water partition coefficient (Wildman–Crippen LogP) is 3.16. The van der Waals surface area contributed by atoms with Crippen LogP contribution in [0.5, 0.6) is 0 Å². The SMILES string of the molecule is Cc1[nH]c(C(=O)N2CCN(c3ccccc3)CC2)c(C)c1S(=O)(=O)N1CCCCCC1. The second-order valence-corrected chi connectivity index (χ2v) is 10.4. The molecule has 1 aromatic heterocycles. The number of nitrogens with zero attached hydrogens (tertiary/aromatic N) is 3. The summed E-state index contributed by atoms with van der Waals surface area (Å²) in [6, 6.07) is 10.2. The molecule has 2 aliphatic heterocycles. The van der Waals surface area contributed by atoms with Crippen molar-refractivity contribution in [2.24, 2.45) is 0 Å². The molecule has 0 atom stereocenters. The van der Waals surface area contributed by atoms with Gasteiger partial charge in [0.05, 0.1) is 0 Å². The van der Waals surface area contributed by atoms with Gasteiger partial charge >= 0.3 is 0 Å². The molecule has 2 fully saturated rings. The fourth-order valence-electron chi connectivity index (χ4n) is 4.71. The predicted molar refractivity (Wildman–Crippen MR) is 122 cm³/mol. The van der Waals surface area contributed by atoms with Gasteiger partial charge in [0.15, 0.2) is 0 Å². The summed E-state index contributed by atoms with van der Waals surface area (Å²) in [6.07, 6.45) is 3.91. The molecule has 1 amide bonds. The van der Waals surface area contributed by atoms with Gasteiger partial charge in [-0.25, -0.2) is 8.42 Å². The molecular formula is C23H32N4O3S. The fraction of sp³-hybridized carbons (Fsp3) is 0.522. The van der Waals surface area contributed by atoms with Crippen LogP contribution in [0.25, 0.3) is 0 Å². The lowest BCUT2D eigenvalue weighted by molar-refractivity contribution is 0.0740. The van der Waals surface area contributed by atoms with Crippen molar-refractivity contribution in [3.05, 3.63) is 47.3 Å². The van der Waals surface area contributed by atoms with Crippen molar-refractivity contribution in [3.8, 4) is 0 Å². The summed E-state index contributed by atoms with van der Waals surface area (Å²) in [4.78, 5) is 20.7. The number of aromatic amines is 1. The number of rotatable bonds is 4. The van der Waals surface area contributed by atoms with E-state index in [9.17, 15) is 13.2 Å². The molecule has 1 aromatic carbocycles. The van der Waals surface area contributed by atoms with Crippen LogP contribution in [0.3, 0.4) is 0 Å². The van der Waals surface area contributed by atoms with Crippen molar-refractivity contribution in [1.29, 1.82) is 0 Å². The number of aryl methyl sites for hydroxylation is 1. The van der Waals surface area contributed by atoms with Crippen LogP contribution in [0, 0.1) is 13.8 Å². The minimum atomic E-state index is -3.61. The molecule has 0 aliphatic carbocycles. The lowest BCUT2D eigenvalue weighted by atomic mass is 10.2. The number of benzene rings is 1. The maximum Gasteiger partial charge on any atom is 0.270 e. The Morgan fingerprint density at radius 1 is 0.871 bits per heavy atom. The lowest BCUT2D eigenvalue weighted by Gasteiger charge is -2.36. The molecule has 0 radical (unpaired) electrons. The molecule has 168 valence electrons. The van der Waals surface area contributed by atoms with Crippen LogP contribution in [0.15, 0.2) is 35.2 Å². The number of aromatic nitrogens is 1. The van der Waals surface area contributed by atoms with E-state index in [4.69, 9.17) is 0 Å². The van der Waals surface area contributed by atoms with Crippen molar-refractivity contribution in [3.63, 3.8) is 0 Å². The minimum Gasteiger partial charge on any atom is -0.368 e. The van der Waals surface area contributed by atoms with E-state index in [0.29, 0.717) is 43.1 Å². The first-order chi connectivity index (χ1) is 14.9. The molecular weight excluding hydrogens is 412 g/mol. The van der Waals surface area contributed by atoms with E-state index in [1.165, 1.54) is 0 Å². The maximum atomic E-state index is 13.4. The number of nitrogens with one attached hydrogen (secondary N) is 1. The fourth-order valence-corrected chi connectivity index (χ4v) is 6.63. The molecule has 0 saturated carbocycles. The molecule has 2 aromatic rings. The smallest absolute Gasteiger partial charge is 0.270 e. The molecule has 3 heterocycles. The van der Waals surface area contributed by atoms with E-state index in [-0.39, 0.29) is 10.8 Å². The van der Waals surface area contributed by atoms with Gasteiger partial charge in [-0.05, 0) is 44.4 Å². The van der Waals surface area contributed by atoms with Crippen LogP contribution in [0.2, 0.25) is 0 Å². The van der Waals surface area contributed by atoms with Gasteiger partial charge in [0.1, 0.15) is 10.6 Å². The normalized spacial score (nSPS) is 18.8. The third kappa shape index (κ3) is 4.36. The van der Waals surface area contributed by atoms with Gasteiger partial charge in [0, 0.05) is 50.6 Å². The van der Waals surface area contributed by atoms with Crippen molar-refractivity contribution >= 4 is 21.6 Å². The summed E-state index contributed by atoms with van der Waals surface area (Å²) in [7, 11) is -3.61. The quantitative estimate of drug-likeness (QED) is 0.786. The molecule has 0 spiro atoms. The zero-order valence-electron chi connectivity index (χ0n) is 18.4. The number of sulfonamides is 1. The van der Waals surface area contributed by atoms with E-state index < -0.39 is 10.0 Å². The maximum absolute atomic E-state index is 13.4. The summed E-state index contributed by atoms with van der Waals surface area (Å²) >= 11 is 0. The van der Waals surface area contributed by atoms with Crippen LogP contribution in [0.4, 0.5) is 5.69 Å². The van der Waals surface area contributed by atoms with E-state index in [0.717, 1.165) is 44.5 Å². The number of para-hydroxylation sites is 1. The number of anilines is 1.